The van der Waals surface area contributed by atoms with Gasteiger partial charge in [-0.25, -0.2) is 0 Å². The second-order valence-electron chi connectivity index (χ2n) is 6.33. The lowest BCUT2D eigenvalue weighted by Gasteiger charge is -2.11. The molecule has 1 N–H and O–H groups in total. The molecule has 2 aromatic carbocycles. The number of para-hydroxylation sites is 1. The van der Waals surface area contributed by atoms with Crippen molar-refractivity contribution in [2.45, 2.75) is 39.2 Å². The zero-order valence-corrected chi connectivity index (χ0v) is 15.1. The van der Waals surface area contributed by atoms with Crippen molar-refractivity contribution in [2.75, 3.05) is 6.54 Å². The number of nitrogens with one attached hydrogen (secondary N) is 1. The van der Waals surface area contributed by atoms with Gasteiger partial charge in [0.1, 0.15) is 5.75 Å². The number of nitro benzene ring substituents is 1. The Kier molecular flexibility index (Phi) is 7.14. The summed E-state index contributed by atoms with van der Waals surface area (Å²) in [5.74, 6) is 0.633. The molecule has 6 heteroatoms. The van der Waals surface area contributed by atoms with E-state index in [9.17, 15) is 14.9 Å². The van der Waals surface area contributed by atoms with Crippen LogP contribution in [0.15, 0.2) is 48.5 Å². The van der Waals surface area contributed by atoms with Crippen LogP contribution in [-0.4, -0.2) is 23.5 Å². The van der Waals surface area contributed by atoms with Crippen LogP contribution < -0.4 is 10.1 Å². The second kappa shape index (κ2) is 9.56. The normalized spacial score (nSPS) is 10.6. The van der Waals surface area contributed by atoms with Crippen molar-refractivity contribution >= 4 is 11.6 Å². The summed E-state index contributed by atoms with van der Waals surface area (Å²) in [5.41, 5.74) is 1.55. The highest BCUT2D eigenvalue weighted by Gasteiger charge is 2.15. The average Bonchev–Trinajstić information content (AvgIpc) is 2.59. The molecule has 0 saturated heterocycles. The summed E-state index contributed by atoms with van der Waals surface area (Å²) in [4.78, 5) is 22.5. The zero-order chi connectivity index (χ0) is 18.9. The van der Waals surface area contributed by atoms with E-state index in [-0.39, 0.29) is 24.1 Å². The van der Waals surface area contributed by atoms with Crippen LogP contribution in [0.5, 0.6) is 5.75 Å². The maximum atomic E-state index is 12.0. The van der Waals surface area contributed by atoms with Crippen molar-refractivity contribution < 1.29 is 14.5 Å². The lowest BCUT2D eigenvalue weighted by atomic mass is 10.1. The third-order valence-electron chi connectivity index (χ3n) is 3.77. The molecule has 138 valence electrons. The van der Waals surface area contributed by atoms with Crippen LogP contribution in [-0.2, 0) is 17.6 Å². The number of hydrogen-bond donors (Lipinski definition) is 1. The van der Waals surface area contributed by atoms with E-state index in [1.165, 1.54) is 6.07 Å². The standard InChI is InChI=1S/C20H24N2O4/c1-15(2)26-18-10-5-7-16(13-18)8-6-12-21-20(23)14-17-9-3-4-11-19(17)22(24)25/h3-5,7,9-11,13,15H,6,8,12,14H2,1-2H3,(H,21,23). The Balaban J connectivity index is 1.78. The van der Waals surface area contributed by atoms with E-state index in [0.29, 0.717) is 12.1 Å². The van der Waals surface area contributed by atoms with Crippen LogP contribution in [0.4, 0.5) is 5.69 Å². The van der Waals surface area contributed by atoms with E-state index in [4.69, 9.17) is 4.74 Å². The molecular formula is C20H24N2O4. The molecule has 0 radical (unpaired) electrons. The first kappa shape index (κ1) is 19.4. The maximum Gasteiger partial charge on any atom is 0.273 e. The van der Waals surface area contributed by atoms with Gasteiger partial charge in [0, 0.05) is 18.2 Å². The van der Waals surface area contributed by atoms with Gasteiger partial charge in [0.05, 0.1) is 17.4 Å². The number of hydrogen-bond acceptors (Lipinski definition) is 4. The highest BCUT2D eigenvalue weighted by atomic mass is 16.6. The SMILES string of the molecule is CC(C)Oc1cccc(CCCNC(=O)Cc2ccccc2[N+](=O)[O-])c1. The van der Waals surface area contributed by atoms with E-state index in [1.54, 1.807) is 18.2 Å². The first-order valence-electron chi connectivity index (χ1n) is 8.70. The fourth-order valence-corrected chi connectivity index (χ4v) is 2.64. The first-order valence-corrected chi connectivity index (χ1v) is 8.70. The third-order valence-corrected chi connectivity index (χ3v) is 3.77. The van der Waals surface area contributed by atoms with Crippen LogP contribution >= 0.6 is 0 Å². The lowest BCUT2D eigenvalue weighted by Crippen LogP contribution is -2.26. The van der Waals surface area contributed by atoms with Gasteiger partial charge in [-0.3, -0.25) is 14.9 Å². The topological polar surface area (TPSA) is 81.5 Å². The summed E-state index contributed by atoms with van der Waals surface area (Å²) < 4.78 is 5.67. The number of ether oxygens (including phenoxy) is 1. The first-order chi connectivity index (χ1) is 12.5. The second-order valence-corrected chi connectivity index (χ2v) is 6.33. The van der Waals surface area contributed by atoms with Crippen molar-refractivity contribution in [3.63, 3.8) is 0 Å². The van der Waals surface area contributed by atoms with Gasteiger partial charge in [0.2, 0.25) is 5.91 Å². The summed E-state index contributed by atoms with van der Waals surface area (Å²) in [5, 5.41) is 13.8. The Bertz CT molecular complexity index is 759. The third kappa shape index (κ3) is 6.20. The predicted molar refractivity (Wildman–Crippen MR) is 100 cm³/mol. The predicted octanol–water partition coefficient (Wildman–Crippen LogP) is 3.67. The molecular weight excluding hydrogens is 332 g/mol. The molecule has 0 atom stereocenters. The van der Waals surface area contributed by atoms with E-state index < -0.39 is 4.92 Å². The lowest BCUT2D eigenvalue weighted by molar-refractivity contribution is -0.385. The van der Waals surface area contributed by atoms with Crippen LogP contribution in [0.2, 0.25) is 0 Å². The minimum absolute atomic E-state index is 0.00880. The van der Waals surface area contributed by atoms with Gasteiger partial charge >= 0.3 is 0 Å². The molecule has 0 fully saturated rings. The van der Waals surface area contributed by atoms with Crippen molar-refractivity contribution in [3.8, 4) is 5.75 Å². The van der Waals surface area contributed by atoms with Gasteiger partial charge < -0.3 is 10.1 Å². The summed E-state index contributed by atoms with van der Waals surface area (Å²) >= 11 is 0. The van der Waals surface area contributed by atoms with Gasteiger partial charge in [-0.1, -0.05) is 30.3 Å². The van der Waals surface area contributed by atoms with Crippen LogP contribution in [0, 0.1) is 10.1 Å². The minimum Gasteiger partial charge on any atom is -0.491 e. The minimum atomic E-state index is -0.463. The molecule has 0 aliphatic heterocycles. The van der Waals surface area contributed by atoms with Gasteiger partial charge in [-0.05, 0) is 44.4 Å². The molecule has 6 nitrogen and oxygen atoms in total. The van der Waals surface area contributed by atoms with E-state index in [0.717, 1.165) is 24.2 Å². The molecule has 0 saturated carbocycles. The molecule has 0 bridgehead atoms. The number of rotatable bonds is 9. The summed E-state index contributed by atoms with van der Waals surface area (Å²) in [6.07, 6.45) is 1.75. The van der Waals surface area contributed by atoms with Crippen LogP contribution in [0.1, 0.15) is 31.4 Å². The molecule has 1 amide bonds. The molecule has 0 spiro atoms. The molecule has 0 unspecified atom stereocenters. The average molecular weight is 356 g/mol. The molecule has 26 heavy (non-hydrogen) atoms. The van der Waals surface area contributed by atoms with Crippen LogP contribution in [0.25, 0.3) is 0 Å². The van der Waals surface area contributed by atoms with Gasteiger partial charge in [-0.15, -0.1) is 0 Å². The molecule has 0 aromatic heterocycles. The van der Waals surface area contributed by atoms with E-state index >= 15 is 0 Å². The molecule has 0 aliphatic carbocycles. The Morgan fingerprint density at radius 1 is 1.19 bits per heavy atom. The van der Waals surface area contributed by atoms with Crippen molar-refractivity contribution in [3.05, 3.63) is 69.8 Å². The summed E-state index contributed by atoms with van der Waals surface area (Å²) in [6, 6.07) is 14.2. The summed E-state index contributed by atoms with van der Waals surface area (Å²) in [6.45, 7) is 4.49. The van der Waals surface area contributed by atoms with E-state index in [2.05, 4.69) is 5.32 Å². The zero-order valence-electron chi connectivity index (χ0n) is 15.1. The molecule has 2 rings (SSSR count). The molecule has 0 aliphatic rings. The quantitative estimate of drug-likeness (QED) is 0.422. The molecule has 2 aromatic rings. The number of nitro groups is 1. The van der Waals surface area contributed by atoms with Gasteiger partial charge in [0.15, 0.2) is 0 Å². The fourth-order valence-electron chi connectivity index (χ4n) is 2.64. The number of aryl methyl sites for hydroxylation is 1. The van der Waals surface area contributed by atoms with Crippen molar-refractivity contribution in [2.24, 2.45) is 0 Å². The van der Waals surface area contributed by atoms with Gasteiger partial charge in [-0.2, -0.15) is 0 Å². The van der Waals surface area contributed by atoms with Crippen molar-refractivity contribution in [1.29, 1.82) is 0 Å². The number of nitrogens with zero attached hydrogens (tertiary/aromatic N) is 1. The Morgan fingerprint density at radius 3 is 2.69 bits per heavy atom. The number of carbonyl (C=O) groups is 1. The Morgan fingerprint density at radius 2 is 1.96 bits per heavy atom. The summed E-state index contributed by atoms with van der Waals surface area (Å²) in [7, 11) is 0. The highest BCUT2D eigenvalue weighted by molar-refractivity contribution is 5.79. The van der Waals surface area contributed by atoms with E-state index in [1.807, 2.05) is 38.1 Å². The monoisotopic (exact) mass is 356 g/mol. The number of amides is 1. The smallest absolute Gasteiger partial charge is 0.273 e. The van der Waals surface area contributed by atoms with Crippen molar-refractivity contribution in [1.82, 2.24) is 5.32 Å². The maximum absolute atomic E-state index is 12.0. The van der Waals surface area contributed by atoms with Crippen LogP contribution in [0.3, 0.4) is 0 Å². The van der Waals surface area contributed by atoms with Gasteiger partial charge in [0.25, 0.3) is 5.69 Å². The molecule has 0 heterocycles. The highest BCUT2D eigenvalue weighted by Crippen LogP contribution is 2.18. The Hall–Kier alpha value is -2.89. The number of carbonyl (C=O) groups excluding carboxylic acids is 1. The Labute approximate surface area is 153 Å². The number of benzene rings is 2. The largest absolute Gasteiger partial charge is 0.491 e. The fraction of sp³-hybridized carbons (Fsp3) is 0.350.